The van der Waals surface area contributed by atoms with E-state index in [0.717, 1.165) is 31.5 Å². The number of amides is 1. The van der Waals surface area contributed by atoms with E-state index in [1.165, 1.54) is 16.8 Å². The van der Waals surface area contributed by atoms with Crippen LogP contribution in [0.15, 0.2) is 47.3 Å². The Balaban J connectivity index is 1.70. The first-order valence-corrected chi connectivity index (χ1v) is 9.92. The summed E-state index contributed by atoms with van der Waals surface area (Å²) in [5, 5.41) is 7.23. The van der Waals surface area contributed by atoms with Crippen molar-refractivity contribution in [2.45, 2.75) is 32.4 Å². The van der Waals surface area contributed by atoms with Gasteiger partial charge in [0.2, 0.25) is 0 Å². The number of morpholine rings is 1. The molecule has 1 unspecified atom stereocenters. The lowest BCUT2D eigenvalue weighted by atomic mass is 10.0. The summed E-state index contributed by atoms with van der Waals surface area (Å²) < 4.78 is 6.84. The zero-order chi connectivity index (χ0) is 19.8. The van der Waals surface area contributed by atoms with E-state index in [2.05, 4.69) is 34.4 Å². The van der Waals surface area contributed by atoms with Crippen molar-refractivity contribution in [2.24, 2.45) is 0 Å². The van der Waals surface area contributed by atoms with E-state index in [9.17, 15) is 9.59 Å². The van der Waals surface area contributed by atoms with Gasteiger partial charge in [0.25, 0.3) is 11.5 Å². The molecule has 1 aliphatic heterocycles. The number of rotatable bonds is 8. The van der Waals surface area contributed by atoms with Crippen LogP contribution in [0.25, 0.3) is 0 Å². The Morgan fingerprint density at radius 3 is 2.64 bits per heavy atom. The number of carbonyl (C=O) groups is 1. The normalized spacial score (nSPS) is 15.9. The molecule has 1 atom stereocenters. The van der Waals surface area contributed by atoms with Crippen LogP contribution in [0.4, 0.5) is 0 Å². The summed E-state index contributed by atoms with van der Waals surface area (Å²) in [5.41, 5.74) is 1.25. The van der Waals surface area contributed by atoms with Gasteiger partial charge in [0.15, 0.2) is 0 Å². The highest BCUT2D eigenvalue weighted by Crippen LogP contribution is 2.21. The number of benzene rings is 1. The van der Waals surface area contributed by atoms with Crippen molar-refractivity contribution >= 4 is 5.91 Å². The molecule has 3 rings (SSSR count). The van der Waals surface area contributed by atoms with Crippen molar-refractivity contribution in [1.29, 1.82) is 0 Å². The van der Waals surface area contributed by atoms with Crippen LogP contribution in [0.5, 0.6) is 0 Å². The summed E-state index contributed by atoms with van der Waals surface area (Å²) in [5.74, 6) is -0.264. The molecule has 1 fully saturated rings. The topological polar surface area (TPSA) is 76.5 Å². The minimum absolute atomic E-state index is 0.0695. The molecular formula is C21H28N4O3. The first kappa shape index (κ1) is 20.2. The molecule has 0 saturated carbocycles. The van der Waals surface area contributed by atoms with Crippen LogP contribution in [0.2, 0.25) is 0 Å². The van der Waals surface area contributed by atoms with Crippen molar-refractivity contribution in [2.75, 3.05) is 32.8 Å². The Labute approximate surface area is 165 Å². The van der Waals surface area contributed by atoms with E-state index < -0.39 is 0 Å². The first-order valence-electron chi connectivity index (χ1n) is 9.92. The van der Waals surface area contributed by atoms with Gasteiger partial charge in [-0.2, -0.15) is 5.10 Å². The Morgan fingerprint density at radius 2 is 1.93 bits per heavy atom. The molecule has 1 aliphatic rings. The molecule has 7 heteroatoms. The number of aryl methyl sites for hydroxylation is 1. The summed E-state index contributed by atoms with van der Waals surface area (Å²) in [6.45, 7) is 6.10. The predicted molar refractivity (Wildman–Crippen MR) is 107 cm³/mol. The fourth-order valence-electron chi connectivity index (χ4n) is 3.34. The minimum atomic E-state index is -0.264. The molecule has 1 N–H and O–H groups in total. The molecule has 1 saturated heterocycles. The van der Waals surface area contributed by atoms with Gasteiger partial charge in [-0.15, -0.1) is 0 Å². The lowest BCUT2D eigenvalue weighted by molar-refractivity contribution is 0.0162. The Kier molecular flexibility index (Phi) is 7.33. The van der Waals surface area contributed by atoms with Crippen LogP contribution in [-0.2, 0) is 11.3 Å². The van der Waals surface area contributed by atoms with Gasteiger partial charge in [-0.3, -0.25) is 14.5 Å². The van der Waals surface area contributed by atoms with Crippen molar-refractivity contribution in [3.8, 4) is 0 Å². The van der Waals surface area contributed by atoms with Crippen LogP contribution in [-0.4, -0.2) is 53.4 Å². The zero-order valence-electron chi connectivity index (χ0n) is 16.3. The lowest BCUT2D eigenvalue weighted by Gasteiger charge is -2.34. The molecule has 0 bridgehead atoms. The quantitative estimate of drug-likeness (QED) is 0.752. The molecule has 150 valence electrons. The van der Waals surface area contributed by atoms with E-state index in [1.807, 2.05) is 18.2 Å². The maximum atomic E-state index is 12.7. The van der Waals surface area contributed by atoms with E-state index in [0.29, 0.717) is 26.3 Å². The molecule has 28 heavy (non-hydrogen) atoms. The monoisotopic (exact) mass is 384 g/mol. The third-order valence-electron chi connectivity index (χ3n) is 4.95. The summed E-state index contributed by atoms with van der Waals surface area (Å²) in [4.78, 5) is 26.9. The van der Waals surface area contributed by atoms with Crippen molar-refractivity contribution < 1.29 is 9.53 Å². The maximum Gasteiger partial charge on any atom is 0.271 e. The predicted octanol–water partition coefficient (Wildman–Crippen LogP) is 1.85. The summed E-state index contributed by atoms with van der Waals surface area (Å²) in [6, 6.07) is 13.1. The first-order chi connectivity index (χ1) is 13.7. The number of nitrogens with zero attached hydrogens (tertiary/aromatic N) is 3. The highest BCUT2D eigenvalue weighted by molar-refractivity contribution is 5.92. The largest absolute Gasteiger partial charge is 0.379 e. The van der Waals surface area contributed by atoms with Gasteiger partial charge in [-0.05, 0) is 18.1 Å². The fourth-order valence-corrected chi connectivity index (χ4v) is 3.34. The van der Waals surface area contributed by atoms with Gasteiger partial charge in [0.05, 0.1) is 19.3 Å². The van der Waals surface area contributed by atoms with E-state index in [4.69, 9.17) is 4.74 Å². The molecule has 0 aliphatic carbocycles. The number of unbranched alkanes of at least 4 members (excludes halogenated alkanes) is 1. The molecule has 7 nitrogen and oxygen atoms in total. The molecule has 2 heterocycles. The number of hydrogen-bond donors (Lipinski definition) is 1. The highest BCUT2D eigenvalue weighted by Gasteiger charge is 2.23. The number of hydrogen-bond acceptors (Lipinski definition) is 5. The fraction of sp³-hybridized carbons (Fsp3) is 0.476. The Morgan fingerprint density at radius 1 is 1.18 bits per heavy atom. The van der Waals surface area contributed by atoms with Crippen molar-refractivity contribution in [1.82, 2.24) is 20.0 Å². The molecule has 1 aromatic carbocycles. The Bertz CT molecular complexity index is 816. The second kappa shape index (κ2) is 10.1. The molecule has 1 amide bonds. The van der Waals surface area contributed by atoms with Crippen LogP contribution < -0.4 is 10.9 Å². The van der Waals surface area contributed by atoms with Crippen molar-refractivity contribution in [3.05, 3.63) is 64.1 Å². The molecule has 2 aromatic rings. The second-order valence-electron chi connectivity index (χ2n) is 6.92. The smallest absolute Gasteiger partial charge is 0.271 e. The van der Waals surface area contributed by atoms with Crippen molar-refractivity contribution in [3.63, 3.8) is 0 Å². The number of nitrogens with one attached hydrogen (secondary N) is 1. The zero-order valence-corrected chi connectivity index (χ0v) is 16.3. The van der Waals surface area contributed by atoms with Gasteiger partial charge < -0.3 is 10.1 Å². The maximum absolute atomic E-state index is 12.7. The van der Waals surface area contributed by atoms with Gasteiger partial charge in [0, 0.05) is 32.2 Å². The second-order valence-corrected chi connectivity index (χ2v) is 6.92. The molecule has 1 aromatic heterocycles. The Hall–Kier alpha value is -2.51. The molecular weight excluding hydrogens is 356 g/mol. The van der Waals surface area contributed by atoms with Crippen LogP contribution in [0.1, 0.15) is 41.9 Å². The number of ether oxygens (including phenoxy) is 1. The minimum Gasteiger partial charge on any atom is -0.379 e. The highest BCUT2D eigenvalue weighted by atomic mass is 16.5. The standard InChI is InChI=1S/C21H28N4O3/c1-2-3-11-25-20(26)10-9-18(23-25)21(27)22-16-19(17-7-5-4-6-8-17)24-12-14-28-15-13-24/h4-10,19H,2-3,11-16H2,1H3,(H,22,27). The molecule has 0 spiro atoms. The number of aromatic nitrogens is 2. The van der Waals surface area contributed by atoms with E-state index in [1.54, 1.807) is 0 Å². The lowest BCUT2D eigenvalue weighted by Crippen LogP contribution is -2.44. The average molecular weight is 384 g/mol. The van der Waals surface area contributed by atoms with Gasteiger partial charge in [0.1, 0.15) is 5.69 Å². The third-order valence-corrected chi connectivity index (χ3v) is 4.95. The summed E-state index contributed by atoms with van der Waals surface area (Å²) >= 11 is 0. The molecule has 0 radical (unpaired) electrons. The van der Waals surface area contributed by atoms with E-state index >= 15 is 0 Å². The van der Waals surface area contributed by atoms with Gasteiger partial charge >= 0.3 is 0 Å². The van der Waals surface area contributed by atoms with Gasteiger partial charge in [-0.1, -0.05) is 43.7 Å². The summed E-state index contributed by atoms with van der Waals surface area (Å²) in [6.07, 6.45) is 1.81. The van der Waals surface area contributed by atoms with Gasteiger partial charge in [-0.25, -0.2) is 4.68 Å². The average Bonchev–Trinajstić information content (AvgIpc) is 2.74. The SMILES string of the molecule is CCCCn1nc(C(=O)NCC(c2ccccc2)N2CCOCC2)ccc1=O. The van der Waals surface area contributed by atoms with E-state index in [-0.39, 0.29) is 23.2 Å². The van der Waals surface area contributed by atoms with Crippen LogP contribution in [0.3, 0.4) is 0 Å². The van der Waals surface area contributed by atoms with Crippen LogP contribution >= 0.6 is 0 Å². The summed E-state index contributed by atoms with van der Waals surface area (Å²) in [7, 11) is 0. The van der Waals surface area contributed by atoms with Crippen LogP contribution in [0, 0.1) is 0 Å². The third kappa shape index (κ3) is 5.27. The number of carbonyl (C=O) groups excluding carboxylic acids is 1.